The molecule has 2 aromatic rings. The predicted octanol–water partition coefficient (Wildman–Crippen LogP) is 3.57. The second kappa shape index (κ2) is 9.08. The molecule has 158 valence electrons. The fourth-order valence-corrected chi connectivity index (χ4v) is 4.70. The van der Waals surface area contributed by atoms with E-state index in [0.717, 1.165) is 0 Å². The van der Waals surface area contributed by atoms with Crippen molar-refractivity contribution in [3.63, 3.8) is 0 Å². The Kier molecular flexibility index (Phi) is 7.23. The van der Waals surface area contributed by atoms with E-state index in [0.29, 0.717) is 0 Å². The monoisotopic (exact) mass is 461 g/mol. The standard InChI is InChI=1S/C18H21Cl2N3O5S/c1-4-23(5-2)29(26,27)11-8-14(21)17(28-3)15(9-11)22-18(25)10-6-12(19)16(24)13(20)7-10/h6-9,24H,4-5,21H2,1-3H3,(H,22,25). The topological polar surface area (TPSA) is 122 Å². The number of phenols is 1. The number of amides is 1. The number of sulfonamides is 1. The summed E-state index contributed by atoms with van der Waals surface area (Å²) in [5.74, 6) is -0.893. The molecule has 0 spiro atoms. The molecule has 0 radical (unpaired) electrons. The van der Waals surface area contributed by atoms with Gasteiger partial charge in [0.25, 0.3) is 5.91 Å². The molecule has 0 bridgehead atoms. The molecule has 0 saturated carbocycles. The van der Waals surface area contributed by atoms with E-state index in [1.807, 2.05) is 0 Å². The maximum Gasteiger partial charge on any atom is 0.255 e. The number of benzene rings is 2. The van der Waals surface area contributed by atoms with Crippen molar-refractivity contribution in [2.24, 2.45) is 0 Å². The number of aromatic hydroxyl groups is 1. The molecule has 8 nitrogen and oxygen atoms in total. The molecule has 0 unspecified atom stereocenters. The first-order valence-electron chi connectivity index (χ1n) is 8.53. The Morgan fingerprint density at radius 2 is 1.72 bits per heavy atom. The summed E-state index contributed by atoms with van der Waals surface area (Å²) in [6, 6.07) is 5.00. The lowest BCUT2D eigenvalue weighted by atomic mass is 10.2. The maximum atomic E-state index is 12.8. The van der Waals surface area contributed by atoms with Gasteiger partial charge in [-0.25, -0.2) is 8.42 Å². The summed E-state index contributed by atoms with van der Waals surface area (Å²) < 4.78 is 32.2. The molecule has 0 atom stereocenters. The number of nitrogens with zero attached hydrogens (tertiary/aromatic N) is 1. The Balaban J connectivity index is 2.52. The third kappa shape index (κ3) is 4.69. The van der Waals surface area contributed by atoms with Gasteiger partial charge in [-0.3, -0.25) is 4.79 Å². The molecule has 0 aliphatic rings. The molecular weight excluding hydrogens is 441 g/mol. The van der Waals surface area contributed by atoms with Crippen LogP contribution in [0.2, 0.25) is 10.0 Å². The van der Waals surface area contributed by atoms with Crippen molar-refractivity contribution in [2.75, 3.05) is 31.2 Å². The first-order chi connectivity index (χ1) is 13.6. The van der Waals surface area contributed by atoms with Crippen LogP contribution < -0.4 is 15.8 Å². The fraction of sp³-hybridized carbons (Fsp3) is 0.278. The van der Waals surface area contributed by atoms with Crippen LogP contribution in [0.25, 0.3) is 0 Å². The fourth-order valence-electron chi connectivity index (χ4n) is 2.70. The van der Waals surface area contributed by atoms with E-state index >= 15 is 0 Å². The molecule has 11 heteroatoms. The highest BCUT2D eigenvalue weighted by Gasteiger charge is 2.25. The van der Waals surface area contributed by atoms with Crippen LogP contribution in [0.1, 0.15) is 24.2 Å². The molecule has 0 heterocycles. The van der Waals surface area contributed by atoms with E-state index < -0.39 is 15.9 Å². The first kappa shape index (κ1) is 23.1. The minimum atomic E-state index is -3.82. The molecule has 2 aromatic carbocycles. The average molecular weight is 462 g/mol. The van der Waals surface area contributed by atoms with E-state index in [9.17, 15) is 18.3 Å². The van der Waals surface area contributed by atoms with Gasteiger partial charge in [0, 0.05) is 18.7 Å². The summed E-state index contributed by atoms with van der Waals surface area (Å²) in [6.07, 6.45) is 0. The average Bonchev–Trinajstić information content (AvgIpc) is 2.66. The number of nitrogens with one attached hydrogen (secondary N) is 1. The maximum absolute atomic E-state index is 12.8. The lowest BCUT2D eigenvalue weighted by Gasteiger charge is -2.20. The van der Waals surface area contributed by atoms with Crippen molar-refractivity contribution >= 4 is 50.5 Å². The molecule has 2 rings (SSSR count). The van der Waals surface area contributed by atoms with E-state index in [2.05, 4.69) is 5.32 Å². The van der Waals surface area contributed by atoms with Gasteiger partial charge in [-0.15, -0.1) is 0 Å². The summed E-state index contributed by atoms with van der Waals surface area (Å²) in [7, 11) is -2.48. The Hall–Kier alpha value is -2.20. The smallest absolute Gasteiger partial charge is 0.255 e. The number of hydrogen-bond acceptors (Lipinski definition) is 6. The normalized spacial score (nSPS) is 11.5. The highest BCUT2D eigenvalue weighted by molar-refractivity contribution is 7.89. The lowest BCUT2D eigenvalue weighted by molar-refractivity contribution is 0.102. The minimum absolute atomic E-state index is 0.0396. The van der Waals surface area contributed by atoms with Crippen molar-refractivity contribution < 1.29 is 23.1 Å². The van der Waals surface area contributed by atoms with Crippen LogP contribution in [0.5, 0.6) is 11.5 Å². The van der Waals surface area contributed by atoms with E-state index in [4.69, 9.17) is 33.7 Å². The summed E-state index contributed by atoms with van der Waals surface area (Å²) in [4.78, 5) is 12.6. The molecule has 0 aromatic heterocycles. The Morgan fingerprint density at radius 1 is 1.17 bits per heavy atom. The van der Waals surface area contributed by atoms with Gasteiger partial charge in [0.2, 0.25) is 10.0 Å². The van der Waals surface area contributed by atoms with Crippen LogP contribution in [-0.2, 0) is 10.0 Å². The summed E-state index contributed by atoms with van der Waals surface area (Å²) >= 11 is 11.7. The number of nitrogen functional groups attached to an aromatic ring is 1. The van der Waals surface area contributed by atoms with Crippen molar-refractivity contribution in [1.82, 2.24) is 4.31 Å². The molecule has 0 fully saturated rings. The van der Waals surface area contributed by atoms with Gasteiger partial charge in [0.1, 0.15) is 0 Å². The number of carbonyl (C=O) groups is 1. The van der Waals surface area contributed by atoms with Crippen LogP contribution in [-0.4, -0.2) is 43.9 Å². The minimum Gasteiger partial charge on any atom is -0.505 e. The van der Waals surface area contributed by atoms with Crippen molar-refractivity contribution in [3.05, 3.63) is 39.9 Å². The first-order valence-corrected chi connectivity index (χ1v) is 10.7. The van der Waals surface area contributed by atoms with Gasteiger partial charge in [0.15, 0.2) is 11.5 Å². The second-order valence-corrected chi connectivity index (χ2v) is 8.68. The number of methoxy groups -OCH3 is 1. The molecule has 1 amide bonds. The number of carbonyl (C=O) groups excluding carboxylic acids is 1. The van der Waals surface area contributed by atoms with Gasteiger partial charge >= 0.3 is 0 Å². The van der Waals surface area contributed by atoms with Gasteiger partial charge in [0.05, 0.1) is 33.4 Å². The van der Waals surface area contributed by atoms with Crippen LogP contribution in [0.4, 0.5) is 11.4 Å². The SMILES string of the molecule is CCN(CC)S(=O)(=O)c1cc(N)c(OC)c(NC(=O)c2cc(Cl)c(O)c(Cl)c2)c1. The molecule has 0 saturated heterocycles. The Labute approximate surface area is 179 Å². The number of rotatable bonds is 7. The Morgan fingerprint density at radius 3 is 2.21 bits per heavy atom. The molecule has 0 aliphatic carbocycles. The van der Waals surface area contributed by atoms with E-state index in [-0.39, 0.29) is 56.5 Å². The summed E-state index contributed by atoms with van der Waals surface area (Å²) in [5.41, 5.74) is 6.11. The van der Waals surface area contributed by atoms with E-state index in [1.165, 1.54) is 35.7 Å². The third-order valence-electron chi connectivity index (χ3n) is 4.17. The number of phenolic OH excluding ortho intramolecular Hbond substituents is 1. The number of anilines is 2. The van der Waals surface area contributed by atoms with Gasteiger partial charge in [-0.05, 0) is 24.3 Å². The number of halogens is 2. The predicted molar refractivity (Wildman–Crippen MR) is 114 cm³/mol. The second-order valence-electron chi connectivity index (χ2n) is 5.93. The third-order valence-corrected chi connectivity index (χ3v) is 6.77. The highest BCUT2D eigenvalue weighted by Crippen LogP contribution is 2.37. The molecule has 0 aliphatic heterocycles. The van der Waals surface area contributed by atoms with Crippen molar-refractivity contribution in [1.29, 1.82) is 0 Å². The zero-order valence-electron chi connectivity index (χ0n) is 16.0. The van der Waals surface area contributed by atoms with Crippen LogP contribution in [0.3, 0.4) is 0 Å². The molecule has 29 heavy (non-hydrogen) atoms. The van der Waals surface area contributed by atoms with Gasteiger partial charge < -0.3 is 20.9 Å². The van der Waals surface area contributed by atoms with Crippen LogP contribution >= 0.6 is 23.2 Å². The summed E-state index contributed by atoms with van der Waals surface area (Å²) in [6.45, 7) is 3.98. The molecule has 4 N–H and O–H groups in total. The number of ether oxygens (including phenoxy) is 1. The summed E-state index contributed by atoms with van der Waals surface area (Å²) in [5, 5.41) is 12.0. The van der Waals surface area contributed by atoms with Gasteiger partial charge in [-0.2, -0.15) is 4.31 Å². The van der Waals surface area contributed by atoms with Gasteiger partial charge in [-0.1, -0.05) is 37.0 Å². The highest BCUT2D eigenvalue weighted by atomic mass is 35.5. The number of nitrogens with two attached hydrogens (primary N) is 1. The molecular formula is C18H21Cl2N3O5S. The van der Waals surface area contributed by atoms with Crippen molar-refractivity contribution in [2.45, 2.75) is 18.7 Å². The zero-order chi connectivity index (χ0) is 21.9. The quantitative estimate of drug-likeness (QED) is 0.541. The number of hydrogen-bond donors (Lipinski definition) is 3. The zero-order valence-corrected chi connectivity index (χ0v) is 18.3. The van der Waals surface area contributed by atoms with Crippen LogP contribution in [0.15, 0.2) is 29.2 Å². The largest absolute Gasteiger partial charge is 0.505 e. The Bertz CT molecular complexity index is 1020. The van der Waals surface area contributed by atoms with Crippen LogP contribution in [0, 0.1) is 0 Å². The lowest BCUT2D eigenvalue weighted by Crippen LogP contribution is -2.30. The van der Waals surface area contributed by atoms with Crippen molar-refractivity contribution in [3.8, 4) is 11.5 Å². The van der Waals surface area contributed by atoms with E-state index in [1.54, 1.807) is 13.8 Å².